The molecule has 0 bridgehead atoms. The van der Waals surface area contributed by atoms with Crippen molar-refractivity contribution in [3.05, 3.63) is 45.0 Å². The Morgan fingerprint density at radius 2 is 2.18 bits per heavy atom. The molecular formula is C17H20N4S. The van der Waals surface area contributed by atoms with Crippen LogP contribution in [0.5, 0.6) is 0 Å². The number of nitrogens with zero attached hydrogens (tertiary/aromatic N) is 3. The lowest BCUT2D eigenvalue weighted by atomic mass is 10.2. The van der Waals surface area contributed by atoms with Crippen molar-refractivity contribution in [2.45, 2.75) is 6.85 Å². The van der Waals surface area contributed by atoms with Gasteiger partial charge < -0.3 is 15.1 Å². The lowest BCUT2D eigenvalue weighted by Crippen LogP contribution is -2.47. The molecule has 0 saturated carbocycles. The van der Waals surface area contributed by atoms with Crippen LogP contribution < -0.4 is 15.2 Å². The number of likely N-dealkylation sites (N-methyl/N-ethyl adjacent to an activating group) is 1. The van der Waals surface area contributed by atoms with E-state index in [4.69, 9.17) is 26.0 Å². The summed E-state index contributed by atoms with van der Waals surface area (Å²) in [5.74, 6) is -1.00. The number of benzene rings is 1. The Labute approximate surface area is 161 Å². The number of hydrogen-bond donors (Lipinski definition) is 1. The van der Waals surface area contributed by atoms with Crippen LogP contribution in [0.1, 0.15) is 30.9 Å². The van der Waals surface area contributed by atoms with Gasteiger partial charge in [-0.1, -0.05) is 12.1 Å². The fourth-order valence-electron chi connectivity index (χ4n) is 1.88. The predicted octanol–water partition coefficient (Wildman–Crippen LogP) is 1.75. The van der Waals surface area contributed by atoms with Crippen molar-refractivity contribution in [3.63, 3.8) is 0 Å². The van der Waals surface area contributed by atoms with Gasteiger partial charge in [-0.2, -0.15) is 0 Å². The molecule has 3 heterocycles. The monoisotopic (exact) mass is 331 g/mol. The third kappa shape index (κ3) is 2.40. The van der Waals surface area contributed by atoms with Crippen molar-refractivity contribution >= 4 is 28.5 Å². The number of fused-ring (bicyclic) bond motifs is 2. The highest BCUT2D eigenvalue weighted by Crippen LogP contribution is 2.27. The average Bonchev–Trinajstić information content (AvgIpc) is 3.01. The van der Waals surface area contributed by atoms with Crippen LogP contribution in [0.3, 0.4) is 0 Å². The molecule has 1 saturated heterocycles. The Morgan fingerprint density at radius 3 is 3.00 bits per heavy atom. The Kier molecular flexibility index (Phi) is 1.02. The Morgan fingerprint density at radius 1 is 1.32 bits per heavy atom. The van der Waals surface area contributed by atoms with Gasteiger partial charge in [0.25, 0.3) is 0 Å². The van der Waals surface area contributed by atoms with Gasteiger partial charge in [0.15, 0.2) is 0 Å². The van der Waals surface area contributed by atoms with E-state index in [9.17, 15) is 0 Å². The minimum absolute atomic E-state index is 0.138. The molecule has 0 atom stereocenters. The first-order valence-corrected chi connectivity index (χ1v) is 6.76. The first-order chi connectivity index (χ1) is 18.2. The fourth-order valence-corrected chi connectivity index (χ4v) is 2.61. The summed E-state index contributed by atoms with van der Waals surface area (Å²) in [6, 6.07) is -3.97. The van der Waals surface area contributed by atoms with Gasteiger partial charge in [-0.15, -0.1) is 11.3 Å². The van der Waals surface area contributed by atoms with Crippen LogP contribution in [0.4, 0.5) is 11.4 Å². The first kappa shape index (κ1) is 4.16. The standard InChI is InChI=1S/C17H20N4S/c1-12-11-13-16(21-9-7-20(2)8-10-21)18-14-5-3-4-6-15(14)19-17(13)22-12/h3-6,11,18H,7-10H2,1-2H3/i1D3,2D3,3D,4D,5D,6D,7D2,8D2,9D2,10D2,11D. The van der Waals surface area contributed by atoms with Crippen LogP contribution in [-0.4, -0.2) is 42.8 Å². The number of thiophene rings is 1. The van der Waals surface area contributed by atoms with Crippen molar-refractivity contribution in [2.75, 3.05) is 38.3 Å². The van der Waals surface area contributed by atoms with Crippen LogP contribution in [-0.2, 0) is 0 Å². The minimum Gasteiger partial charge on any atom is -0.355 e. The van der Waals surface area contributed by atoms with E-state index >= 15 is 0 Å². The molecule has 1 aromatic heterocycles. The molecule has 0 amide bonds. The number of rotatable bonds is 1. The second-order valence-corrected chi connectivity index (χ2v) is 5.16. The second-order valence-electron chi connectivity index (χ2n) is 4.16. The second kappa shape index (κ2) is 5.41. The molecule has 1 aromatic carbocycles. The van der Waals surface area contributed by atoms with Gasteiger partial charge in [-0.05, 0) is 32.0 Å². The number of para-hydroxylation sites is 2. The summed E-state index contributed by atoms with van der Waals surface area (Å²) < 4.78 is 155. The molecule has 0 spiro atoms. The van der Waals surface area contributed by atoms with E-state index in [1.807, 2.05) is 0 Å². The normalized spacial score (nSPS) is 41.0. The Bertz CT molecular complexity index is 1540. The molecule has 2 aromatic rings. The summed E-state index contributed by atoms with van der Waals surface area (Å²) >= 11 is 0.353. The van der Waals surface area contributed by atoms with Crippen molar-refractivity contribution < 1.29 is 26.0 Å². The molecule has 114 valence electrons. The van der Waals surface area contributed by atoms with Crippen molar-refractivity contribution in [3.8, 4) is 0 Å². The number of piperazine rings is 1. The zero-order valence-corrected chi connectivity index (χ0v) is 11.6. The Balaban J connectivity index is 2.23. The molecule has 0 unspecified atom stereocenters. The van der Waals surface area contributed by atoms with E-state index < -0.39 is 107 Å². The summed E-state index contributed by atoms with van der Waals surface area (Å²) in [6.45, 7) is -21.9. The molecule has 2 aliphatic heterocycles. The van der Waals surface area contributed by atoms with Crippen molar-refractivity contribution in [2.24, 2.45) is 4.99 Å². The summed E-state index contributed by atoms with van der Waals surface area (Å²) in [4.78, 5) is 2.79. The van der Waals surface area contributed by atoms with Gasteiger partial charge >= 0.3 is 0 Å². The summed E-state index contributed by atoms with van der Waals surface area (Å²) in [5, 5.41) is 1.71. The van der Waals surface area contributed by atoms with Crippen molar-refractivity contribution in [1.82, 2.24) is 9.80 Å². The maximum atomic E-state index is 8.64. The number of hydrogen-bond acceptors (Lipinski definition) is 5. The third-order valence-electron chi connectivity index (χ3n) is 2.78. The van der Waals surface area contributed by atoms with Gasteiger partial charge in [-0.25, -0.2) is 4.99 Å². The highest BCUT2D eigenvalue weighted by Gasteiger charge is 2.20. The maximum Gasteiger partial charge on any atom is 0.127 e. The van der Waals surface area contributed by atoms with Gasteiger partial charge in [-0.3, -0.25) is 0 Å². The van der Waals surface area contributed by atoms with Crippen LogP contribution >= 0.6 is 11.3 Å². The van der Waals surface area contributed by atoms with Gasteiger partial charge in [0.2, 0.25) is 0 Å². The summed E-state index contributed by atoms with van der Waals surface area (Å²) in [7, 11) is 0. The highest BCUT2D eigenvalue weighted by atomic mass is 32.1. The Hall–Kier alpha value is -1.85. The van der Waals surface area contributed by atoms with E-state index in [0.717, 1.165) is 0 Å². The van der Waals surface area contributed by atoms with E-state index in [0.29, 0.717) is 11.3 Å². The average molecular weight is 332 g/mol. The zero-order chi connectivity index (χ0) is 31.6. The van der Waals surface area contributed by atoms with Crippen LogP contribution in [0, 0.1) is 6.85 Å². The molecule has 1 fully saturated rings. The smallest absolute Gasteiger partial charge is 0.127 e. The lowest BCUT2D eigenvalue weighted by molar-refractivity contribution is 0.206. The van der Waals surface area contributed by atoms with E-state index in [1.165, 1.54) is 0 Å². The van der Waals surface area contributed by atoms with Crippen LogP contribution in [0.15, 0.2) is 35.2 Å². The minimum atomic E-state index is -3.82. The molecule has 1 N–H and O–H groups in total. The molecular weight excluding hydrogens is 292 g/mol. The molecule has 4 rings (SSSR count). The number of anilines is 1. The predicted molar refractivity (Wildman–Crippen MR) is 92.0 cm³/mol. The van der Waals surface area contributed by atoms with Crippen LogP contribution in [0.25, 0.3) is 5.82 Å². The third-order valence-corrected chi connectivity index (χ3v) is 3.58. The first-order valence-electron chi connectivity index (χ1n) is 15.4. The van der Waals surface area contributed by atoms with E-state index in [1.54, 1.807) is 0 Å². The molecule has 0 aliphatic carbocycles. The van der Waals surface area contributed by atoms with E-state index in [-0.39, 0.29) is 4.90 Å². The topological polar surface area (TPSA) is 30.9 Å². The molecule has 2 aliphatic rings. The largest absolute Gasteiger partial charge is 0.355 e. The maximum absolute atomic E-state index is 8.64. The quantitative estimate of drug-likeness (QED) is 0.864. The molecule has 5 heteroatoms. The molecule has 22 heavy (non-hydrogen) atoms. The van der Waals surface area contributed by atoms with Gasteiger partial charge in [0, 0.05) is 44.6 Å². The molecule has 0 radical (unpaired) electrons. The fraction of sp³-hybridized carbons (Fsp3) is 0.353. The SMILES string of the molecule is [2H]c1c([2H])c([2H])c2c(c1[2H])N=c1sc(C([2H])([2H])[2H])c([2H])c1=C(N1C([2H])([2H])C([2H])([2H])N(C([2H])([2H])[2H])C([2H])([2H])C1([2H])[2H])N2. The zero-order valence-electron chi connectivity index (χ0n) is 29.7. The highest BCUT2D eigenvalue weighted by molar-refractivity contribution is 7.09. The van der Waals surface area contributed by atoms with Crippen molar-refractivity contribution in [1.29, 1.82) is 0 Å². The summed E-state index contributed by atoms with van der Waals surface area (Å²) in [6.07, 6.45) is 0. The van der Waals surface area contributed by atoms with Gasteiger partial charge in [0.05, 0.1) is 28.9 Å². The number of nitrogens with one attached hydrogen (secondary N) is 1. The lowest BCUT2D eigenvalue weighted by Gasteiger charge is -2.35. The summed E-state index contributed by atoms with van der Waals surface area (Å²) in [5.41, 5.74) is -1.12. The molecule has 4 nitrogen and oxygen atoms in total. The van der Waals surface area contributed by atoms with E-state index in [2.05, 4.69) is 10.3 Å². The van der Waals surface area contributed by atoms with Gasteiger partial charge in [0.1, 0.15) is 10.5 Å². The van der Waals surface area contributed by atoms with Crippen LogP contribution in [0.2, 0.25) is 0 Å². The number of aryl methyl sites for hydroxylation is 1.